The molecule has 0 aliphatic heterocycles. The summed E-state index contributed by atoms with van der Waals surface area (Å²) in [5, 5.41) is 0.970. The highest BCUT2D eigenvalue weighted by molar-refractivity contribution is 7.21. The fraction of sp³-hybridized carbons (Fsp3) is 0. The standard InChI is InChI=1S/C42H24N6O2S/c1-4-10-34-31(7-1)43-40(49-34)28-19-13-25(14-20-28)37-46-38(26-15-21-29(22-16-26)41-44-32-8-2-5-11-35(32)50-41)48-39(47-37)27-17-23-30(24-18-27)42-45-33-9-3-6-12-36(33)51-42/h1-24H. The normalized spacial score (nSPS) is 11.5. The summed E-state index contributed by atoms with van der Waals surface area (Å²) in [7, 11) is 0. The average Bonchev–Trinajstić information content (AvgIpc) is 3.95. The first kappa shape index (κ1) is 29.1. The number of para-hydroxylation sites is 5. The van der Waals surface area contributed by atoms with Crippen LogP contribution in [0.2, 0.25) is 0 Å². The molecule has 0 amide bonds. The van der Waals surface area contributed by atoms with Crippen molar-refractivity contribution >= 4 is 43.8 Å². The number of rotatable bonds is 6. The first-order chi connectivity index (χ1) is 25.2. The molecule has 51 heavy (non-hydrogen) atoms. The topological polar surface area (TPSA) is 104 Å². The molecule has 4 heterocycles. The minimum atomic E-state index is 0.553. The van der Waals surface area contributed by atoms with Crippen LogP contribution in [0.4, 0.5) is 0 Å². The number of oxazole rings is 2. The van der Waals surface area contributed by atoms with Gasteiger partial charge in [0.2, 0.25) is 11.8 Å². The molecule has 0 fully saturated rings. The highest BCUT2D eigenvalue weighted by Crippen LogP contribution is 2.33. The second kappa shape index (κ2) is 11.9. The van der Waals surface area contributed by atoms with Gasteiger partial charge in [-0.2, -0.15) is 0 Å². The number of aromatic nitrogens is 6. The predicted octanol–water partition coefficient (Wildman–Crippen LogP) is 10.8. The van der Waals surface area contributed by atoms with Crippen LogP contribution in [0.3, 0.4) is 0 Å². The van der Waals surface area contributed by atoms with E-state index in [1.165, 1.54) is 0 Å². The van der Waals surface area contributed by atoms with Crippen molar-refractivity contribution in [3.63, 3.8) is 0 Å². The van der Waals surface area contributed by atoms with Crippen LogP contribution >= 0.6 is 11.3 Å². The lowest BCUT2D eigenvalue weighted by Gasteiger charge is -2.09. The van der Waals surface area contributed by atoms with Gasteiger partial charge in [0.25, 0.3) is 0 Å². The first-order valence-corrected chi connectivity index (χ1v) is 17.2. The van der Waals surface area contributed by atoms with E-state index in [9.17, 15) is 0 Å². The molecular weight excluding hydrogens is 653 g/mol. The Kier molecular flexibility index (Phi) is 6.81. The van der Waals surface area contributed by atoms with Crippen LogP contribution in [0.5, 0.6) is 0 Å². The maximum atomic E-state index is 6.00. The molecule has 0 atom stereocenters. The third-order valence-electron chi connectivity index (χ3n) is 8.69. The number of hydrogen-bond donors (Lipinski definition) is 0. The lowest BCUT2D eigenvalue weighted by atomic mass is 10.1. The Hall–Kier alpha value is -6.84. The lowest BCUT2D eigenvalue weighted by Crippen LogP contribution is -2.00. The van der Waals surface area contributed by atoms with E-state index in [0.29, 0.717) is 29.3 Å². The van der Waals surface area contributed by atoms with Crippen LogP contribution in [0.25, 0.3) is 100 Å². The Morgan fingerprint density at radius 2 is 0.725 bits per heavy atom. The zero-order chi connectivity index (χ0) is 33.7. The van der Waals surface area contributed by atoms with Crippen LogP contribution in [0.1, 0.15) is 0 Å². The van der Waals surface area contributed by atoms with Gasteiger partial charge in [-0.15, -0.1) is 11.3 Å². The molecule has 0 unspecified atom stereocenters. The van der Waals surface area contributed by atoms with E-state index < -0.39 is 0 Å². The van der Waals surface area contributed by atoms with E-state index in [1.54, 1.807) is 11.3 Å². The van der Waals surface area contributed by atoms with E-state index in [4.69, 9.17) is 28.8 Å². The minimum Gasteiger partial charge on any atom is -0.436 e. The number of fused-ring (bicyclic) bond motifs is 3. The van der Waals surface area contributed by atoms with Crippen LogP contribution in [0, 0.1) is 0 Å². The smallest absolute Gasteiger partial charge is 0.227 e. The number of nitrogens with zero attached hydrogens (tertiary/aromatic N) is 6. The van der Waals surface area contributed by atoms with Crippen LogP contribution < -0.4 is 0 Å². The van der Waals surface area contributed by atoms with Crippen molar-refractivity contribution in [1.29, 1.82) is 0 Å². The Balaban J connectivity index is 1.03. The maximum absolute atomic E-state index is 6.00. The van der Waals surface area contributed by atoms with Gasteiger partial charge in [-0.1, -0.05) is 84.9 Å². The van der Waals surface area contributed by atoms with Crippen LogP contribution in [0.15, 0.2) is 154 Å². The number of benzene rings is 6. The van der Waals surface area contributed by atoms with Crippen molar-refractivity contribution in [2.24, 2.45) is 0 Å². The summed E-state index contributed by atoms with van der Waals surface area (Å²) in [6, 6.07) is 47.7. The fourth-order valence-corrected chi connectivity index (χ4v) is 7.01. The number of thiazole rings is 1. The molecule has 9 heteroatoms. The summed E-state index contributed by atoms with van der Waals surface area (Å²) in [6.07, 6.45) is 0. The van der Waals surface area contributed by atoms with Gasteiger partial charge in [-0.25, -0.2) is 29.9 Å². The summed E-state index contributed by atoms with van der Waals surface area (Å²) < 4.78 is 13.2. The molecule has 0 aliphatic carbocycles. The molecule has 0 bridgehead atoms. The molecule has 0 radical (unpaired) electrons. The van der Waals surface area contributed by atoms with Gasteiger partial charge in [0, 0.05) is 33.4 Å². The monoisotopic (exact) mass is 676 g/mol. The van der Waals surface area contributed by atoms with E-state index >= 15 is 0 Å². The Morgan fingerprint density at radius 1 is 0.333 bits per heavy atom. The van der Waals surface area contributed by atoms with E-state index in [0.717, 1.165) is 70.8 Å². The molecular formula is C42H24N6O2S. The average molecular weight is 677 g/mol. The summed E-state index contributed by atoms with van der Waals surface area (Å²) in [4.78, 5) is 29.0. The summed E-state index contributed by atoms with van der Waals surface area (Å²) in [5.74, 6) is 2.80. The van der Waals surface area contributed by atoms with E-state index in [2.05, 4.69) is 28.2 Å². The van der Waals surface area contributed by atoms with Crippen molar-refractivity contribution in [2.45, 2.75) is 0 Å². The molecule has 240 valence electrons. The largest absolute Gasteiger partial charge is 0.436 e. The van der Waals surface area contributed by atoms with Gasteiger partial charge in [-0.05, 0) is 60.7 Å². The van der Waals surface area contributed by atoms with Crippen molar-refractivity contribution in [2.75, 3.05) is 0 Å². The second-order valence-corrected chi connectivity index (χ2v) is 13.0. The fourth-order valence-electron chi connectivity index (χ4n) is 6.04. The van der Waals surface area contributed by atoms with Gasteiger partial charge < -0.3 is 8.83 Å². The third kappa shape index (κ3) is 5.42. The number of hydrogen-bond acceptors (Lipinski definition) is 9. The molecule has 8 nitrogen and oxygen atoms in total. The van der Waals surface area contributed by atoms with E-state index in [-0.39, 0.29) is 0 Å². The maximum Gasteiger partial charge on any atom is 0.227 e. The summed E-state index contributed by atoms with van der Waals surface area (Å²) in [6.45, 7) is 0. The van der Waals surface area contributed by atoms with Crippen molar-refractivity contribution < 1.29 is 8.83 Å². The van der Waals surface area contributed by atoms with Gasteiger partial charge >= 0.3 is 0 Å². The first-order valence-electron chi connectivity index (χ1n) is 16.4. The highest BCUT2D eigenvalue weighted by Gasteiger charge is 2.16. The molecule has 0 N–H and O–H groups in total. The van der Waals surface area contributed by atoms with Crippen molar-refractivity contribution in [3.05, 3.63) is 146 Å². The lowest BCUT2D eigenvalue weighted by molar-refractivity contribution is 0.619. The van der Waals surface area contributed by atoms with Gasteiger partial charge in [0.15, 0.2) is 28.6 Å². The Labute approximate surface area is 294 Å². The third-order valence-corrected chi connectivity index (χ3v) is 9.77. The van der Waals surface area contributed by atoms with Crippen molar-refractivity contribution in [3.8, 4) is 67.6 Å². The van der Waals surface area contributed by atoms with Crippen molar-refractivity contribution in [1.82, 2.24) is 29.9 Å². The Morgan fingerprint density at radius 3 is 1.18 bits per heavy atom. The minimum absolute atomic E-state index is 0.553. The summed E-state index contributed by atoms with van der Waals surface area (Å²) in [5.41, 5.74) is 9.46. The molecule has 10 aromatic rings. The van der Waals surface area contributed by atoms with E-state index in [1.807, 2.05) is 127 Å². The predicted molar refractivity (Wildman–Crippen MR) is 201 cm³/mol. The Bertz CT molecular complexity index is 2430. The molecule has 0 aliphatic rings. The molecule has 6 aromatic carbocycles. The quantitative estimate of drug-likeness (QED) is 0.171. The molecule has 4 aromatic heterocycles. The van der Waals surface area contributed by atoms with Gasteiger partial charge in [0.1, 0.15) is 16.0 Å². The second-order valence-electron chi connectivity index (χ2n) is 12.0. The zero-order valence-electron chi connectivity index (χ0n) is 26.8. The van der Waals surface area contributed by atoms with Gasteiger partial charge in [0.05, 0.1) is 10.2 Å². The SMILES string of the molecule is c1ccc2oc(-c3ccc(-c4nc(-c5ccc(-c6nc7ccccc7o6)cc5)nc(-c5ccc(-c6nc7ccccc7s6)cc5)n4)cc3)nc2c1. The molecule has 10 rings (SSSR count). The molecule has 0 saturated carbocycles. The summed E-state index contributed by atoms with van der Waals surface area (Å²) >= 11 is 1.68. The molecule has 0 saturated heterocycles. The van der Waals surface area contributed by atoms with Crippen LogP contribution in [-0.2, 0) is 0 Å². The molecule has 0 spiro atoms. The highest BCUT2D eigenvalue weighted by atomic mass is 32.1. The van der Waals surface area contributed by atoms with Crippen LogP contribution in [-0.4, -0.2) is 29.9 Å². The van der Waals surface area contributed by atoms with Gasteiger partial charge in [-0.3, -0.25) is 0 Å². The zero-order valence-corrected chi connectivity index (χ0v) is 27.6.